The Hall–Kier alpha value is -1.07. The zero-order valence-electron chi connectivity index (χ0n) is 9.84. The topological polar surface area (TPSA) is 102 Å². The molecule has 0 saturated heterocycles. The third-order valence-electron chi connectivity index (χ3n) is 0. The van der Waals surface area contributed by atoms with Crippen LogP contribution in [0.2, 0.25) is 0 Å². The van der Waals surface area contributed by atoms with Crippen molar-refractivity contribution in [1.29, 1.82) is 0 Å². The highest BCUT2D eigenvalue weighted by Crippen LogP contribution is 1.51. The van der Waals surface area contributed by atoms with Crippen molar-refractivity contribution >= 4 is 17.3 Å². The highest BCUT2D eigenvalue weighted by atomic mass is 16.4. The first-order valence-electron chi connectivity index (χ1n) is 3.90. The largest absolute Gasteiger partial charge is 0.637 e. The van der Waals surface area contributed by atoms with Crippen LogP contribution in [0, 0.1) is 5.21 Å². The van der Waals surface area contributed by atoms with Gasteiger partial charge in [0.2, 0.25) is 0 Å². The van der Waals surface area contributed by atoms with E-state index in [-0.39, 0.29) is 17.3 Å². The normalized spacial score (nSPS) is 6.00. The Labute approximate surface area is 85.2 Å². The van der Waals surface area contributed by atoms with Gasteiger partial charge in [0.15, 0.2) is 0 Å². The number of Topliss-reactive ketones (excluding diaryl/α,β-unsaturated/α-hetero) is 3. The lowest BCUT2D eigenvalue weighted by molar-refractivity contribution is -0.275. The molecule has 0 aromatic rings. The van der Waals surface area contributed by atoms with Crippen molar-refractivity contribution in [1.82, 2.24) is 0 Å². The van der Waals surface area contributed by atoms with Gasteiger partial charge in [0.1, 0.15) is 17.3 Å². The fraction of sp³-hybridized carbons (Fsp3) is 0.667. The molecule has 86 valence electrons. The molecular weight excluding hydrogens is 186 g/mol. The zero-order chi connectivity index (χ0) is 12.7. The predicted octanol–water partition coefficient (Wildman–Crippen LogP) is 0.512. The number of hydrogen-bond donors (Lipinski definition) is 1. The number of quaternary nitrogens is 1. The van der Waals surface area contributed by atoms with Crippen LogP contribution in [0.5, 0.6) is 0 Å². The van der Waals surface area contributed by atoms with Gasteiger partial charge in [0, 0.05) is 0 Å². The van der Waals surface area contributed by atoms with Crippen molar-refractivity contribution < 1.29 is 20.3 Å². The molecule has 0 fully saturated rings. The summed E-state index contributed by atoms with van der Waals surface area (Å²) < 4.78 is 0. The summed E-state index contributed by atoms with van der Waals surface area (Å²) in [7, 11) is 0. The molecule has 0 amide bonds. The fourth-order valence-corrected chi connectivity index (χ4v) is 0. The average molecular weight is 207 g/mol. The molecule has 0 saturated carbocycles. The monoisotopic (exact) mass is 207 g/mol. The van der Waals surface area contributed by atoms with Gasteiger partial charge in [-0.3, -0.25) is 0 Å². The molecule has 0 spiro atoms. The number of carbonyl (C=O) groups is 3. The Bertz CT molecular complexity index is 114. The van der Waals surface area contributed by atoms with E-state index in [0.29, 0.717) is 0 Å². The predicted molar refractivity (Wildman–Crippen MR) is 55.3 cm³/mol. The van der Waals surface area contributed by atoms with Gasteiger partial charge < -0.3 is 25.5 Å². The van der Waals surface area contributed by atoms with Crippen LogP contribution in [-0.2, 0) is 14.4 Å². The number of rotatable bonds is 0. The molecule has 3 N–H and O–H groups in total. The van der Waals surface area contributed by atoms with Crippen molar-refractivity contribution in [2.24, 2.45) is 0 Å². The molecule has 5 nitrogen and oxygen atoms in total. The van der Waals surface area contributed by atoms with Gasteiger partial charge in [-0.25, -0.2) is 0 Å². The molecule has 0 aromatic carbocycles. The summed E-state index contributed by atoms with van der Waals surface area (Å²) in [5.74, 6) is 2.50. The first kappa shape index (κ1) is 23.1. The summed E-state index contributed by atoms with van der Waals surface area (Å²) in [6.07, 6.45) is 0. The lowest BCUT2D eigenvalue weighted by Crippen LogP contribution is -2.37. The summed E-state index contributed by atoms with van der Waals surface area (Å²) in [6, 6.07) is 0. The van der Waals surface area contributed by atoms with E-state index in [1.165, 1.54) is 41.5 Å². The van der Waals surface area contributed by atoms with Crippen LogP contribution >= 0.6 is 0 Å². The molecular formula is C9H21NO4. The van der Waals surface area contributed by atoms with Crippen LogP contribution in [0.3, 0.4) is 0 Å². The minimum Gasteiger partial charge on any atom is -0.637 e. The highest BCUT2D eigenvalue weighted by molar-refractivity contribution is 5.72. The molecule has 0 atom stereocenters. The van der Waals surface area contributed by atoms with E-state index in [1.807, 2.05) is 5.90 Å². The van der Waals surface area contributed by atoms with Crippen molar-refractivity contribution in [3.05, 3.63) is 5.21 Å². The first-order valence-corrected chi connectivity index (χ1v) is 3.90. The maximum Gasteiger partial charge on any atom is 0.126 e. The van der Waals surface area contributed by atoms with Crippen LogP contribution in [0.15, 0.2) is 0 Å². The summed E-state index contributed by atoms with van der Waals surface area (Å²) in [5, 5.41) is 8.00. The second kappa shape index (κ2) is 22.7. The van der Waals surface area contributed by atoms with Gasteiger partial charge in [-0.15, -0.1) is 0 Å². The highest BCUT2D eigenvalue weighted by Gasteiger charge is 1.63. The third kappa shape index (κ3) is 941. The first-order chi connectivity index (χ1) is 6.20. The van der Waals surface area contributed by atoms with E-state index in [9.17, 15) is 14.4 Å². The van der Waals surface area contributed by atoms with Gasteiger partial charge >= 0.3 is 0 Å². The number of carbonyl (C=O) groups excluding carboxylic acids is 3. The Morgan fingerprint density at radius 1 is 0.643 bits per heavy atom. The summed E-state index contributed by atoms with van der Waals surface area (Å²) in [4.78, 5) is 28.3. The Morgan fingerprint density at radius 3 is 0.643 bits per heavy atom. The zero-order valence-corrected chi connectivity index (χ0v) is 9.84. The Kier molecular flexibility index (Phi) is 37.4. The Balaban J connectivity index is -0.0000000492. The van der Waals surface area contributed by atoms with Gasteiger partial charge in [-0.1, -0.05) is 0 Å². The molecule has 0 radical (unpaired) electrons. The lowest BCUT2D eigenvalue weighted by Gasteiger charge is -1.56. The summed E-state index contributed by atoms with van der Waals surface area (Å²) >= 11 is 0. The molecule has 0 rings (SSSR count). The molecule has 0 aliphatic rings. The standard InChI is InChI=1S/3C3H6O.H3NO/c3*1-3(2)4;1-2/h3*1-2H3;1H3. The van der Waals surface area contributed by atoms with Gasteiger partial charge in [0.25, 0.3) is 0 Å². The average Bonchev–Trinajstić information content (AvgIpc) is 1.86. The van der Waals surface area contributed by atoms with Crippen molar-refractivity contribution in [3.8, 4) is 0 Å². The van der Waals surface area contributed by atoms with E-state index in [4.69, 9.17) is 5.21 Å². The minimum absolute atomic E-state index is 0.167. The second-order valence-electron chi connectivity index (χ2n) is 2.72. The quantitative estimate of drug-likeness (QED) is 0.584. The van der Waals surface area contributed by atoms with Gasteiger partial charge in [-0.2, -0.15) is 0 Å². The third-order valence-corrected chi connectivity index (χ3v) is 0. The van der Waals surface area contributed by atoms with Crippen LogP contribution in [-0.4, -0.2) is 17.3 Å². The Morgan fingerprint density at radius 2 is 0.643 bits per heavy atom. The van der Waals surface area contributed by atoms with Crippen molar-refractivity contribution in [2.45, 2.75) is 41.5 Å². The summed E-state index contributed by atoms with van der Waals surface area (Å²) in [5.41, 5.74) is 0. The number of hydrogen-bond acceptors (Lipinski definition) is 4. The second-order valence-corrected chi connectivity index (χ2v) is 2.72. The van der Waals surface area contributed by atoms with E-state index in [0.717, 1.165) is 0 Å². The van der Waals surface area contributed by atoms with E-state index in [1.54, 1.807) is 0 Å². The molecule has 14 heavy (non-hydrogen) atoms. The summed E-state index contributed by atoms with van der Waals surface area (Å²) in [6.45, 7) is 9.17. The van der Waals surface area contributed by atoms with Gasteiger partial charge in [-0.05, 0) is 41.5 Å². The van der Waals surface area contributed by atoms with Gasteiger partial charge in [0.05, 0.1) is 0 Å². The number of ketones is 3. The van der Waals surface area contributed by atoms with E-state index in [2.05, 4.69) is 0 Å². The molecule has 5 heteroatoms. The van der Waals surface area contributed by atoms with Crippen LogP contribution in [0.25, 0.3) is 0 Å². The van der Waals surface area contributed by atoms with Crippen LogP contribution in [0.1, 0.15) is 41.5 Å². The van der Waals surface area contributed by atoms with Crippen molar-refractivity contribution in [3.63, 3.8) is 0 Å². The smallest absolute Gasteiger partial charge is 0.126 e. The maximum atomic E-state index is 9.44. The van der Waals surface area contributed by atoms with Crippen molar-refractivity contribution in [2.75, 3.05) is 0 Å². The molecule has 0 unspecified atom stereocenters. The SMILES string of the molecule is CC(C)=O.CC(C)=O.CC(C)=O.[NH3+][O-]. The fourth-order valence-electron chi connectivity index (χ4n) is 0. The molecule has 0 aliphatic carbocycles. The molecule has 0 heterocycles. The lowest BCUT2D eigenvalue weighted by atomic mass is 10.6. The minimum atomic E-state index is 0.167. The van der Waals surface area contributed by atoms with E-state index < -0.39 is 0 Å². The molecule has 0 aliphatic heterocycles. The maximum absolute atomic E-state index is 9.44. The molecule has 0 bridgehead atoms. The molecule has 0 aromatic heterocycles. The van der Waals surface area contributed by atoms with E-state index >= 15 is 0 Å². The van der Waals surface area contributed by atoms with Crippen LogP contribution < -0.4 is 5.90 Å². The van der Waals surface area contributed by atoms with Crippen LogP contribution in [0.4, 0.5) is 0 Å².